The van der Waals surface area contributed by atoms with Crippen molar-refractivity contribution in [2.75, 3.05) is 0 Å². The van der Waals surface area contributed by atoms with Crippen molar-refractivity contribution in [3.05, 3.63) is 63.6 Å². The van der Waals surface area contributed by atoms with E-state index in [1.54, 1.807) is 25.1 Å². The van der Waals surface area contributed by atoms with Crippen molar-refractivity contribution >= 4 is 32.8 Å². The van der Waals surface area contributed by atoms with Crippen molar-refractivity contribution in [1.82, 2.24) is 4.98 Å². The SMILES string of the molecule is Cc1c(-c2cccc(C(F)(F)F)c2)nc2ccc(Br)cc2c1C(=O)O. The highest BCUT2D eigenvalue weighted by Crippen LogP contribution is 2.35. The van der Waals surface area contributed by atoms with Crippen LogP contribution >= 0.6 is 15.9 Å². The van der Waals surface area contributed by atoms with Crippen LogP contribution in [0.25, 0.3) is 22.2 Å². The van der Waals surface area contributed by atoms with Crippen LogP contribution in [0.1, 0.15) is 21.5 Å². The van der Waals surface area contributed by atoms with E-state index < -0.39 is 17.7 Å². The van der Waals surface area contributed by atoms with Gasteiger partial charge in [-0.3, -0.25) is 0 Å². The summed E-state index contributed by atoms with van der Waals surface area (Å²) in [5, 5.41) is 10.0. The molecule has 0 saturated carbocycles. The van der Waals surface area contributed by atoms with Crippen LogP contribution in [0.4, 0.5) is 13.2 Å². The molecule has 0 spiro atoms. The van der Waals surface area contributed by atoms with Gasteiger partial charge in [0.2, 0.25) is 0 Å². The van der Waals surface area contributed by atoms with Crippen molar-refractivity contribution in [3.8, 4) is 11.3 Å². The van der Waals surface area contributed by atoms with Gasteiger partial charge in [0.1, 0.15) is 0 Å². The van der Waals surface area contributed by atoms with E-state index in [0.717, 1.165) is 12.1 Å². The Hall–Kier alpha value is -2.41. The van der Waals surface area contributed by atoms with Gasteiger partial charge in [0.15, 0.2) is 0 Å². The van der Waals surface area contributed by atoms with Gasteiger partial charge in [0, 0.05) is 15.4 Å². The number of aromatic carboxylic acids is 1. The second-order valence-corrected chi connectivity index (χ2v) is 6.42. The summed E-state index contributed by atoms with van der Waals surface area (Å²) in [5.41, 5.74) is 0.381. The molecular formula is C18H11BrF3NO2. The number of nitrogens with zero attached hydrogens (tertiary/aromatic N) is 1. The molecule has 2 aromatic carbocycles. The number of aromatic nitrogens is 1. The molecule has 0 aliphatic carbocycles. The monoisotopic (exact) mass is 409 g/mol. The van der Waals surface area contributed by atoms with Gasteiger partial charge >= 0.3 is 12.1 Å². The fourth-order valence-electron chi connectivity index (χ4n) is 2.73. The number of pyridine rings is 1. The molecule has 1 heterocycles. The molecule has 7 heteroatoms. The maximum Gasteiger partial charge on any atom is 0.416 e. The summed E-state index contributed by atoms with van der Waals surface area (Å²) in [5.74, 6) is -1.16. The number of carboxylic acids is 1. The van der Waals surface area contributed by atoms with Gasteiger partial charge in [-0.2, -0.15) is 13.2 Å². The molecule has 0 radical (unpaired) electrons. The zero-order valence-electron chi connectivity index (χ0n) is 12.9. The molecule has 3 nitrogen and oxygen atoms in total. The molecule has 128 valence electrons. The highest BCUT2D eigenvalue weighted by molar-refractivity contribution is 9.10. The summed E-state index contributed by atoms with van der Waals surface area (Å²) >= 11 is 3.29. The second kappa shape index (κ2) is 6.15. The van der Waals surface area contributed by atoms with E-state index >= 15 is 0 Å². The number of benzene rings is 2. The lowest BCUT2D eigenvalue weighted by atomic mass is 9.97. The predicted octanol–water partition coefficient (Wildman–Crippen LogP) is 5.69. The molecular weight excluding hydrogens is 399 g/mol. The van der Waals surface area contributed by atoms with E-state index in [1.165, 1.54) is 12.1 Å². The van der Waals surface area contributed by atoms with Crippen LogP contribution in [0.15, 0.2) is 46.9 Å². The number of halogens is 4. The van der Waals surface area contributed by atoms with Crippen molar-refractivity contribution < 1.29 is 23.1 Å². The molecule has 0 aliphatic heterocycles. The van der Waals surface area contributed by atoms with E-state index in [9.17, 15) is 23.1 Å². The van der Waals surface area contributed by atoms with Crippen LogP contribution in [-0.4, -0.2) is 16.1 Å². The maximum absolute atomic E-state index is 13.0. The first-order chi connectivity index (χ1) is 11.7. The molecule has 0 bridgehead atoms. The zero-order valence-corrected chi connectivity index (χ0v) is 14.4. The second-order valence-electron chi connectivity index (χ2n) is 5.51. The number of fused-ring (bicyclic) bond motifs is 1. The number of hydrogen-bond donors (Lipinski definition) is 1. The maximum atomic E-state index is 13.0. The molecule has 0 fully saturated rings. The first kappa shape index (κ1) is 17.4. The van der Waals surface area contributed by atoms with E-state index in [-0.39, 0.29) is 16.8 Å². The lowest BCUT2D eigenvalue weighted by Crippen LogP contribution is -2.07. The Labute approximate surface area is 149 Å². The number of carbonyl (C=O) groups is 1. The Morgan fingerprint density at radius 1 is 1.16 bits per heavy atom. The summed E-state index contributed by atoms with van der Waals surface area (Å²) < 4.78 is 39.6. The third kappa shape index (κ3) is 3.24. The smallest absolute Gasteiger partial charge is 0.416 e. The summed E-state index contributed by atoms with van der Waals surface area (Å²) in [4.78, 5) is 16.1. The van der Waals surface area contributed by atoms with E-state index in [2.05, 4.69) is 20.9 Å². The van der Waals surface area contributed by atoms with Crippen LogP contribution in [0, 0.1) is 6.92 Å². The van der Waals surface area contributed by atoms with E-state index in [1.807, 2.05) is 0 Å². The summed E-state index contributed by atoms with van der Waals surface area (Å²) in [6.07, 6.45) is -4.48. The third-order valence-corrected chi connectivity index (χ3v) is 4.36. The summed E-state index contributed by atoms with van der Waals surface area (Å²) in [6, 6.07) is 9.68. The highest BCUT2D eigenvalue weighted by Gasteiger charge is 2.31. The van der Waals surface area contributed by atoms with Gasteiger partial charge in [-0.1, -0.05) is 28.1 Å². The Kier molecular flexibility index (Phi) is 4.28. The fourth-order valence-corrected chi connectivity index (χ4v) is 3.09. The third-order valence-electron chi connectivity index (χ3n) is 3.87. The normalized spacial score (nSPS) is 11.7. The van der Waals surface area contributed by atoms with Crippen molar-refractivity contribution in [2.45, 2.75) is 13.1 Å². The molecule has 25 heavy (non-hydrogen) atoms. The van der Waals surface area contributed by atoms with Crippen molar-refractivity contribution in [2.24, 2.45) is 0 Å². The minimum absolute atomic E-state index is 0.0266. The minimum Gasteiger partial charge on any atom is -0.478 e. The van der Waals surface area contributed by atoms with E-state index in [0.29, 0.717) is 20.9 Å². The van der Waals surface area contributed by atoms with Crippen molar-refractivity contribution in [1.29, 1.82) is 0 Å². The van der Waals surface area contributed by atoms with Crippen LogP contribution < -0.4 is 0 Å². The average molecular weight is 410 g/mol. The molecule has 0 unspecified atom stereocenters. The predicted molar refractivity (Wildman–Crippen MR) is 91.6 cm³/mol. The Morgan fingerprint density at radius 3 is 2.52 bits per heavy atom. The number of hydrogen-bond acceptors (Lipinski definition) is 2. The molecule has 3 aromatic rings. The standard InChI is InChI=1S/C18H11BrF3NO2/c1-9-15(17(24)25)13-8-12(19)5-6-14(13)23-16(9)10-3-2-4-11(7-10)18(20,21)22/h2-8H,1H3,(H,24,25). The Bertz CT molecular complexity index is 1000. The quantitative estimate of drug-likeness (QED) is 0.591. The van der Waals surface area contributed by atoms with Crippen molar-refractivity contribution in [3.63, 3.8) is 0 Å². The van der Waals surface area contributed by atoms with Crippen LogP contribution in [0.5, 0.6) is 0 Å². The lowest BCUT2D eigenvalue weighted by Gasteiger charge is -2.14. The highest BCUT2D eigenvalue weighted by atomic mass is 79.9. The molecule has 0 atom stereocenters. The summed E-state index contributed by atoms with van der Waals surface area (Å²) in [6.45, 7) is 1.55. The van der Waals surface area contributed by atoms with Crippen LogP contribution in [0.2, 0.25) is 0 Å². The molecule has 3 rings (SSSR count). The van der Waals surface area contributed by atoms with Gasteiger partial charge in [0.05, 0.1) is 22.3 Å². The van der Waals surface area contributed by atoms with Crippen LogP contribution in [-0.2, 0) is 6.18 Å². The minimum atomic E-state index is -4.48. The van der Waals surface area contributed by atoms with Gasteiger partial charge in [-0.25, -0.2) is 9.78 Å². The number of rotatable bonds is 2. The van der Waals surface area contributed by atoms with Gasteiger partial charge in [0.25, 0.3) is 0 Å². The van der Waals surface area contributed by atoms with Gasteiger partial charge < -0.3 is 5.11 Å². The molecule has 1 aromatic heterocycles. The molecule has 0 aliphatic rings. The topological polar surface area (TPSA) is 50.2 Å². The Balaban J connectivity index is 2.33. The summed E-state index contributed by atoms with van der Waals surface area (Å²) in [7, 11) is 0. The number of carboxylic acid groups (broad SMARTS) is 1. The average Bonchev–Trinajstić information content (AvgIpc) is 2.53. The largest absolute Gasteiger partial charge is 0.478 e. The first-order valence-corrected chi connectivity index (χ1v) is 7.98. The van der Waals surface area contributed by atoms with Gasteiger partial charge in [-0.15, -0.1) is 0 Å². The lowest BCUT2D eigenvalue weighted by molar-refractivity contribution is -0.137. The molecule has 0 amide bonds. The molecule has 0 saturated heterocycles. The zero-order chi connectivity index (χ0) is 18.4. The van der Waals surface area contributed by atoms with Gasteiger partial charge in [-0.05, 0) is 42.8 Å². The Morgan fingerprint density at radius 2 is 1.88 bits per heavy atom. The number of alkyl halides is 3. The van der Waals surface area contributed by atoms with E-state index in [4.69, 9.17) is 0 Å². The molecule has 1 N–H and O–H groups in total. The fraction of sp³-hybridized carbons (Fsp3) is 0.111. The first-order valence-electron chi connectivity index (χ1n) is 7.19. The van der Waals surface area contributed by atoms with Crippen LogP contribution in [0.3, 0.4) is 0 Å².